The van der Waals surface area contributed by atoms with Gasteiger partial charge in [-0.25, -0.2) is 8.42 Å². The summed E-state index contributed by atoms with van der Waals surface area (Å²) in [6.07, 6.45) is 0.748. The first-order valence-corrected chi connectivity index (χ1v) is 9.82. The highest BCUT2D eigenvalue weighted by atomic mass is 79.9. The van der Waals surface area contributed by atoms with Crippen molar-refractivity contribution in [3.05, 3.63) is 19.2 Å². The Labute approximate surface area is 124 Å². The van der Waals surface area contributed by atoms with E-state index >= 15 is 0 Å². The lowest BCUT2D eigenvalue weighted by Crippen LogP contribution is -2.09. The Morgan fingerprint density at radius 1 is 1.44 bits per heavy atom. The van der Waals surface area contributed by atoms with Crippen molar-refractivity contribution in [1.82, 2.24) is 0 Å². The largest absolute Gasteiger partial charge is 0.229 e. The minimum absolute atomic E-state index is 0.113. The fraction of sp³-hybridized carbons (Fsp3) is 0.556. The third kappa shape index (κ3) is 2.91. The maximum absolute atomic E-state index is 11.4. The van der Waals surface area contributed by atoms with Crippen LogP contribution in [0.15, 0.2) is 13.6 Å². The molecule has 1 aliphatic heterocycles. The second-order valence-electron chi connectivity index (χ2n) is 3.84. The molecule has 0 spiro atoms. The van der Waals surface area contributed by atoms with Crippen LogP contribution in [-0.2, 0) is 9.84 Å². The minimum Gasteiger partial charge on any atom is -0.229 e. The molecule has 16 heavy (non-hydrogen) atoms. The van der Waals surface area contributed by atoms with E-state index in [4.69, 9.17) is 0 Å². The average molecular weight is 453 g/mol. The van der Waals surface area contributed by atoms with Gasteiger partial charge in [0.2, 0.25) is 0 Å². The zero-order valence-electron chi connectivity index (χ0n) is 8.12. The molecule has 2 rings (SSSR count). The molecule has 0 amide bonds. The van der Waals surface area contributed by atoms with Crippen LogP contribution in [0.5, 0.6) is 0 Å². The van der Waals surface area contributed by atoms with Gasteiger partial charge in [-0.05, 0) is 55.8 Å². The Balaban J connectivity index is 2.20. The summed E-state index contributed by atoms with van der Waals surface area (Å²) >= 11 is 12.2. The fourth-order valence-corrected chi connectivity index (χ4v) is 8.14. The highest BCUT2D eigenvalue weighted by molar-refractivity contribution is 9.12. The van der Waals surface area contributed by atoms with Gasteiger partial charge in [0.25, 0.3) is 0 Å². The summed E-state index contributed by atoms with van der Waals surface area (Å²) < 4.78 is 25.0. The quantitative estimate of drug-likeness (QED) is 0.632. The van der Waals surface area contributed by atoms with Crippen LogP contribution < -0.4 is 0 Å². The Kier molecular flexibility index (Phi) is 4.22. The smallest absolute Gasteiger partial charge is 0.150 e. The molecule has 2 nitrogen and oxygen atoms in total. The molecule has 1 saturated heterocycles. The van der Waals surface area contributed by atoms with Gasteiger partial charge in [-0.2, -0.15) is 0 Å². The van der Waals surface area contributed by atoms with Crippen LogP contribution in [0.25, 0.3) is 0 Å². The number of halogens is 3. The minimum atomic E-state index is -2.81. The third-order valence-corrected chi connectivity index (χ3v) is 8.08. The van der Waals surface area contributed by atoms with E-state index < -0.39 is 9.84 Å². The van der Waals surface area contributed by atoms with Crippen molar-refractivity contribution in [2.75, 3.05) is 11.5 Å². The summed E-state index contributed by atoms with van der Waals surface area (Å²) in [6.45, 7) is 0. The maximum Gasteiger partial charge on any atom is 0.150 e. The van der Waals surface area contributed by atoms with Crippen molar-refractivity contribution in [3.8, 4) is 0 Å². The number of hydrogen-bond acceptors (Lipinski definition) is 3. The highest BCUT2D eigenvalue weighted by Crippen LogP contribution is 2.44. The standard InChI is InChI=1S/C9H9Br3O2S2/c10-7-3-6(9(12)15-7)8(11)5-1-2-16(13,14)4-5/h3,5,8H,1-2,4H2. The van der Waals surface area contributed by atoms with Crippen molar-refractivity contribution in [3.63, 3.8) is 0 Å². The van der Waals surface area contributed by atoms with E-state index in [1.165, 1.54) is 0 Å². The predicted molar refractivity (Wildman–Crippen MR) is 78.1 cm³/mol. The maximum atomic E-state index is 11.4. The van der Waals surface area contributed by atoms with E-state index in [0.29, 0.717) is 11.5 Å². The number of sulfone groups is 1. The summed E-state index contributed by atoms with van der Waals surface area (Å²) in [5.74, 6) is 0.800. The number of thiophene rings is 1. The Morgan fingerprint density at radius 3 is 2.56 bits per heavy atom. The Hall–Kier alpha value is 1.09. The second kappa shape index (κ2) is 4.99. The monoisotopic (exact) mass is 450 g/mol. The lowest BCUT2D eigenvalue weighted by molar-refractivity contribution is 0.580. The summed E-state index contributed by atoms with van der Waals surface area (Å²) in [4.78, 5) is 0.113. The van der Waals surface area contributed by atoms with Crippen molar-refractivity contribution in [2.45, 2.75) is 11.2 Å². The van der Waals surface area contributed by atoms with Crippen molar-refractivity contribution in [1.29, 1.82) is 0 Å². The molecule has 0 radical (unpaired) electrons. The van der Waals surface area contributed by atoms with E-state index in [1.807, 2.05) is 6.07 Å². The van der Waals surface area contributed by atoms with E-state index in [1.54, 1.807) is 11.3 Å². The summed E-state index contributed by atoms with van der Waals surface area (Å²) in [5.41, 5.74) is 1.14. The van der Waals surface area contributed by atoms with E-state index in [0.717, 1.165) is 19.6 Å². The zero-order chi connectivity index (χ0) is 11.9. The van der Waals surface area contributed by atoms with Crippen LogP contribution >= 0.6 is 59.1 Å². The number of alkyl halides is 1. The molecular formula is C9H9Br3O2S2. The van der Waals surface area contributed by atoms with Crippen LogP contribution in [0.2, 0.25) is 0 Å². The van der Waals surface area contributed by atoms with Gasteiger partial charge in [0.05, 0.1) is 19.1 Å². The number of hydrogen-bond donors (Lipinski definition) is 0. The molecular weight excluding hydrogens is 444 g/mol. The first kappa shape index (κ1) is 13.5. The van der Waals surface area contributed by atoms with E-state index in [9.17, 15) is 8.42 Å². The van der Waals surface area contributed by atoms with Gasteiger partial charge in [-0.15, -0.1) is 11.3 Å². The van der Waals surface area contributed by atoms with Crippen LogP contribution in [-0.4, -0.2) is 19.9 Å². The summed E-state index contributed by atoms with van der Waals surface area (Å²) in [5, 5.41) is 0. The van der Waals surface area contributed by atoms with Gasteiger partial charge in [-0.3, -0.25) is 0 Å². The van der Waals surface area contributed by atoms with Gasteiger partial charge in [0.1, 0.15) is 0 Å². The third-order valence-electron chi connectivity index (χ3n) is 2.66. The molecule has 1 aliphatic rings. The lowest BCUT2D eigenvalue weighted by Gasteiger charge is -2.15. The SMILES string of the molecule is O=S1(=O)CCC(C(Br)c2cc(Br)sc2Br)C1. The summed E-state index contributed by atoms with van der Waals surface area (Å²) in [7, 11) is -2.81. The van der Waals surface area contributed by atoms with Crippen LogP contribution in [0.4, 0.5) is 0 Å². The van der Waals surface area contributed by atoms with Crippen LogP contribution in [0, 0.1) is 5.92 Å². The van der Waals surface area contributed by atoms with Crippen molar-refractivity contribution in [2.24, 2.45) is 5.92 Å². The molecule has 0 saturated carbocycles. The number of rotatable bonds is 2. The van der Waals surface area contributed by atoms with Gasteiger partial charge in [0.15, 0.2) is 9.84 Å². The molecule has 1 fully saturated rings. The van der Waals surface area contributed by atoms with E-state index in [2.05, 4.69) is 47.8 Å². The van der Waals surface area contributed by atoms with Gasteiger partial charge in [-0.1, -0.05) is 15.9 Å². The predicted octanol–water partition coefficient (Wildman–Crippen LogP) is 4.14. The zero-order valence-corrected chi connectivity index (χ0v) is 14.5. The molecule has 0 aromatic carbocycles. The highest BCUT2D eigenvalue weighted by Gasteiger charge is 2.34. The lowest BCUT2D eigenvalue weighted by atomic mass is 10.0. The topological polar surface area (TPSA) is 34.1 Å². The first-order chi connectivity index (χ1) is 7.39. The molecule has 7 heteroatoms. The van der Waals surface area contributed by atoms with Crippen molar-refractivity contribution < 1.29 is 8.42 Å². The average Bonchev–Trinajstić information content (AvgIpc) is 2.68. The molecule has 2 heterocycles. The molecule has 2 unspecified atom stereocenters. The molecule has 90 valence electrons. The van der Waals surface area contributed by atoms with Crippen molar-refractivity contribution >= 4 is 69.0 Å². The van der Waals surface area contributed by atoms with E-state index in [-0.39, 0.29) is 10.7 Å². The molecule has 0 bridgehead atoms. The van der Waals surface area contributed by atoms with Gasteiger partial charge in [0, 0.05) is 4.83 Å². The first-order valence-electron chi connectivity index (χ1n) is 4.68. The molecule has 1 aromatic rings. The molecule has 0 N–H and O–H groups in total. The molecule has 2 atom stereocenters. The summed E-state index contributed by atoms with van der Waals surface area (Å²) in [6, 6.07) is 2.04. The van der Waals surface area contributed by atoms with Crippen LogP contribution in [0.3, 0.4) is 0 Å². The molecule has 0 aliphatic carbocycles. The second-order valence-corrected chi connectivity index (χ2v) is 10.8. The van der Waals surface area contributed by atoms with Gasteiger partial charge >= 0.3 is 0 Å². The normalized spacial score (nSPS) is 25.8. The Bertz CT molecular complexity index is 495. The Morgan fingerprint density at radius 2 is 2.12 bits per heavy atom. The van der Waals surface area contributed by atoms with Crippen LogP contribution in [0.1, 0.15) is 16.8 Å². The van der Waals surface area contributed by atoms with Gasteiger partial charge < -0.3 is 0 Å². The molecule has 1 aromatic heterocycles. The fourth-order valence-electron chi connectivity index (χ4n) is 1.85.